The number of para-hydroxylation sites is 1. The Balaban J connectivity index is 2.12. The van der Waals surface area contributed by atoms with Crippen molar-refractivity contribution in [2.24, 2.45) is 5.92 Å². The molecule has 1 aromatic carbocycles. The van der Waals surface area contributed by atoms with E-state index in [4.69, 9.17) is 0 Å². The van der Waals surface area contributed by atoms with Gasteiger partial charge in [-0.1, -0.05) is 18.2 Å². The van der Waals surface area contributed by atoms with Crippen LogP contribution in [0.15, 0.2) is 30.5 Å². The lowest BCUT2D eigenvalue weighted by atomic mass is 9.95. The quantitative estimate of drug-likeness (QED) is 0.757. The first-order valence-corrected chi connectivity index (χ1v) is 5.41. The Labute approximate surface area is 88.3 Å². The number of aldehydes is 1. The number of hydrogen-bond donors (Lipinski definition) is 1. The van der Waals surface area contributed by atoms with Crippen LogP contribution in [0.25, 0.3) is 10.9 Å². The SMILES string of the molecule is O=CC(c1c[nH]c2ccccc12)C1CC1. The first kappa shape index (κ1) is 8.72. The van der Waals surface area contributed by atoms with E-state index in [1.807, 2.05) is 24.4 Å². The van der Waals surface area contributed by atoms with Crippen molar-refractivity contribution in [2.75, 3.05) is 0 Å². The number of aromatic amines is 1. The predicted octanol–water partition coefficient (Wildman–Crippen LogP) is 2.86. The van der Waals surface area contributed by atoms with Crippen LogP contribution in [0.5, 0.6) is 0 Å². The molecule has 1 fully saturated rings. The summed E-state index contributed by atoms with van der Waals surface area (Å²) in [5.41, 5.74) is 2.29. The second-order valence-electron chi connectivity index (χ2n) is 4.29. The van der Waals surface area contributed by atoms with Crippen LogP contribution >= 0.6 is 0 Å². The van der Waals surface area contributed by atoms with Gasteiger partial charge >= 0.3 is 0 Å². The fourth-order valence-electron chi connectivity index (χ4n) is 2.26. The van der Waals surface area contributed by atoms with E-state index in [1.54, 1.807) is 0 Å². The average molecular weight is 199 g/mol. The van der Waals surface area contributed by atoms with Crippen LogP contribution in [-0.4, -0.2) is 11.3 Å². The van der Waals surface area contributed by atoms with Crippen molar-refractivity contribution >= 4 is 17.2 Å². The highest BCUT2D eigenvalue weighted by molar-refractivity contribution is 5.86. The Morgan fingerprint density at radius 3 is 2.87 bits per heavy atom. The van der Waals surface area contributed by atoms with Crippen molar-refractivity contribution in [3.8, 4) is 0 Å². The van der Waals surface area contributed by atoms with Crippen molar-refractivity contribution in [3.63, 3.8) is 0 Å². The van der Waals surface area contributed by atoms with Crippen molar-refractivity contribution in [1.82, 2.24) is 4.98 Å². The van der Waals surface area contributed by atoms with Crippen LogP contribution in [0.4, 0.5) is 0 Å². The van der Waals surface area contributed by atoms with E-state index < -0.39 is 0 Å². The summed E-state index contributed by atoms with van der Waals surface area (Å²) in [5, 5.41) is 1.20. The molecule has 0 bridgehead atoms. The van der Waals surface area contributed by atoms with Gasteiger partial charge < -0.3 is 9.78 Å². The highest BCUT2D eigenvalue weighted by atomic mass is 16.1. The molecule has 2 aromatic rings. The molecule has 1 heterocycles. The lowest BCUT2D eigenvalue weighted by Gasteiger charge is -2.06. The summed E-state index contributed by atoms with van der Waals surface area (Å²) in [7, 11) is 0. The molecule has 0 radical (unpaired) electrons. The molecule has 3 rings (SSSR count). The third-order valence-corrected chi connectivity index (χ3v) is 3.26. The summed E-state index contributed by atoms with van der Waals surface area (Å²) in [6.07, 6.45) is 5.49. The summed E-state index contributed by atoms with van der Waals surface area (Å²) in [6, 6.07) is 8.16. The van der Waals surface area contributed by atoms with E-state index in [-0.39, 0.29) is 5.92 Å². The van der Waals surface area contributed by atoms with E-state index in [1.165, 1.54) is 23.8 Å². The minimum absolute atomic E-state index is 0.0983. The van der Waals surface area contributed by atoms with Gasteiger partial charge in [0.25, 0.3) is 0 Å². The molecule has 0 saturated heterocycles. The first-order chi connectivity index (χ1) is 7.40. The first-order valence-electron chi connectivity index (χ1n) is 5.41. The van der Waals surface area contributed by atoms with Crippen molar-refractivity contribution in [3.05, 3.63) is 36.0 Å². The summed E-state index contributed by atoms with van der Waals surface area (Å²) in [6.45, 7) is 0. The Morgan fingerprint density at radius 1 is 1.33 bits per heavy atom. The smallest absolute Gasteiger partial charge is 0.127 e. The average Bonchev–Trinajstić information content (AvgIpc) is 3.01. The molecule has 2 nitrogen and oxygen atoms in total. The number of benzene rings is 1. The number of carbonyl (C=O) groups excluding carboxylic acids is 1. The molecule has 1 saturated carbocycles. The molecule has 15 heavy (non-hydrogen) atoms. The number of H-pyrrole nitrogens is 1. The largest absolute Gasteiger partial charge is 0.361 e. The number of hydrogen-bond acceptors (Lipinski definition) is 1. The van der Waals surface area contributed by atoms with Gasteiger partial charge in [0.2, 0.25) is 0 Å². The second-order valence-corrected chi connectivity index (χ2v) is 4.29. The van der Waals surface area contributed by atoms with Crippen molar-refractivity contribution in [2.45, 2.75) is 18.8 Å². The molecule has 1 N–H and O–H groups in total. The molecule has 0 spiro atoms. The fourth-order valence-corrected chi connectivity index (χ4v) is 2.26. The lowest BCUT2D eigenvalue weighted by molar-refractivity contribution is -0.109. The van der Waals surface area contributed by atoms with Crippen LogP contribution in [-0.2, 0) is 4.79 Å². The van der Waals surface area contributed by atoms with Crippen LogP contribution in [0, 0.1) is 5.92 Å². The minimum atomic E-state index is 0.0983. The summed E-state index contributed by atoms with van der Waals surface area (Å²) >= 11 is 0. The molecule has 0 aliphatic heterocycles. The standard InChI is InChI=1S/C13H13NO/c15-8-12(9-5-6-9)11-7-14-13-4-2-1-3-10(11)13/h1-4,7-9,12,14H,5-6H2. The molecular formula is C13H13NO. The number of fused-ring (bicyclic) bond motifs is 1. The Hall–Kier alpha value is -1.57. The van der Waals surface area contributed by atoms with Crippen LogP contribution in [0.1, 0.15) is 24.3 Å². The van der Waals surface area contributed by atoms with Crippen molar-refractivity contribution in [1.29, 1.82) is 0 Å². The van der Waals surface area contributed by atoms with E-state index >= 15 is 0 Å². The minimum Gasteiger partial charge on any atom is -0.361 e. The maximum Gasteiger partial charge on any atom is 0.127 e. The molecule has 2 heteroatoms. The van der Waals surface area contributed by atoms with Gasteiger partial charge in [-0.3, -0.25) is 0 Å². The Morgan fingerprint density at radius 2 is 2.13 bits per heavy atom. The van der Waals surface area contributed by atoms with E-state index in [0.29, 0.717) is 5.92 Å². The number of rotatable bonds is 3. The van der Waals surface area contributed by atoms with Crippen LogP contribution < -0.4 is 0 Å². The molecule has 1 atom stereocenters. The van der Waals surface area contributed by atoms with Gasteiger partial charge in [0.15, 0.2) is 0 Å². The van der Waals surface area contributed by atoms with Gasteiger partial charge in [-0.2, -0.15) is 0 Å². The molecule has 1 aliphatic carbocycles. The third kappa shape index (κ3) is 1.37. The monoisotopic (exact) mass is 199 g/mol. The maximum atomic E-state index is 11.1. The van der Waals surface area contributed by atoms with Gasteiger partial charge in [0, 0.05) is 23.0 Å². The number of aromatic nitrogens is 1. The zero-order chi connectivity index (χ0) is 10.3. The maximum absolute atomic E-state index is 11.1. The highest BCUT2D eigenvalue weighted by Gasteiger charge is 2.33. The molecule has 1 aromatic heterocycles. The van der Waals surface area contributed by atoms with E-state index in [2.05, 4.69) is 11.1 Å². The lowest BCUT2D eigenvalue weighted by Crippen LogP contribution is -2.01. The molecule has 0 amide bonds. The summed E-state index contributed by atoms with van der Waals surface area (Å²) in [4.78, 5) is 14.3. The van der Waals surface area contributed by atoms with Gasteiger partial charge in [-0.05, 0) is 30.4 Å². The molecule has 76 valence electrons. The Bertz CT molecular complexity index is 496. The molecule has 1 unspecified atom stereocenters. The zero-order valence-corrected chi connectivity index (χ0v) is 8.44. The summed E-state index contributed by atoms with van der Waals surface area (Å²) in [5.74, 6) is 0.683. The zero-order valence-electron chi connectivity index (χ0n) is 8.44. The van der Waals surface area contributed by atoms with Gasteiger partial charge in [0.1, 0.15) is 6.29 Å². The number of nitrogens with one attached hydrogen (secondary N) is 1. The molecule has 1 aliphatic rings. The third-order valence-electron chi connectivity index (χ3n) is 3.26. The second kappa shape index (κ2) is 3.23. The van der Waals surface area contributed by atoms with Crippen LogP contribution in [0.2, 0.25) is 0 Å². The van der Waals surface area contributed by atoms with E-state index in [0.717, 1.165) is 11.8 Å². The summed E-state index contributed by atoms with van der Waals surface area (Å²) < 4.78 is 0. The molecular weight excluding hydrogens is 186 g/mol. The van der Waals surface area contributed by atoms with Crippen molar-refractivity contribution < 1.29 is 4.79 Å². The topological polar surface area (TPSA) is 32.9 Å². The highest BCUT2D eigenvalue weighted by Crippen LogP contribution is 2.43. The van der Waals surface area contributed by atoms with Crippen LogP contribution in [0.3, 0.4) is 0 Å². The normalized spacial score (nSPS) is 17.9. The fraction of sp³-hybridized carbons (Fsp3) is 0.308. The van der Waals surface area contributed by atoms with Gasteiger partial charge in [-0.15, -0.1) is 0 Å². The van der Waals surface area contributed by atoms with E-state index in [9.17, 15) is 4.79 Å². The Kier molecular flexibility index (Phi) is 1.88. The number of carbonyl (C=O) groups is 1. The predicted molar refractivity (Wildman–Crippen MR) is 59.8 cm³/mol. The van der Waals surface area contributed by atoms with Gasteiger partial charge in [-0.25, -0.2) is 0 Å². The van der Waals surface area contributed by atoms with Gasteiger partial charge in [0.05, 0.1) is 0 Å².